The molecular formula is C21H18Cl2N4O5S. The van der Waals surface area contributed by atoms with Gasteiger partial charge < -0.3 is 9.73 Å². The molecule has 0 bridgehead atoms. The largest absolute Gasteiger partial charge is 0.459 e. The van der Waals surface area contributed by atoms with E-state index in [1.54, 1.807) is 25.1 Å². The van der Waals surface area contributed by atoms with Crippen LogP contribution < -0.4 is 15.5 Å². The van der Waals surface area contributed by atoms with E-state index in [1.807, 2.05) is 0 Å². The zero-order valence-electron chi connectivity index (χ0n) is 17.1. The van der Waals surface area contributed by atoms with Crippen LogP contribution in [0.5, 0.6) is 0 Å². The summed E-state index contributed by atoms with van der Waals surface area (Å²) in [5.41, 5.74) is 3.22. The number of aryl methyl sites for hydroxylation is 1. The van der Waals surface area contributed by atoms with Crippen molar-refractivity contribution in [3.8, 4) is 0 Å². The number of hydrazone groups is 1. The molecule has 0 unspecified atom stereocenters. The predicted molar refractivity (Wildman–Crippen MR) is 125 cm³/mol. The summed E-state index contributed by atoms with van der Waals surface area (Å²) in [5.74, 6) is -1.36. The third-order valence-electron chi connectivity index (χ3n) is 4.25. The van der Waals surface area contributed by atoms with E-state index in [0.29, 0.717) is 21.5 Å². The zero-order valence-corrected chi connectivity index (χ0v) is 19.5. The fraction of sp³-hybridized carbons (Fsp3) is 0.0952. The lowest BCUT2D eigenvalue weighted by molar-refractivity contribution is -0.136. The third kappa shape index (κ3) is 6.90. The highest BCUT2D eigenvalue weighted by atomic mass is 35.5. The Morgan fingerprint density at radius 1 is 1.00 bits per heavy atom. The number of benzene rings is 2. The van der Waals surface area contributed by atoms with Gasteiger partial charge in [-0.1, -0.05) is 29.3 Å². The van der Waals surface area contributed by atoms with Crippen LogP contribution in [0.4, 0.5) is 5.69 Å². The number of anilines is 1. The first-order chi connectivity index (χ1) is 15.6. The number of nitrogens with one attached hydrogen (secondary N) is 3. The Morgan fingerprint density at radius 3 is 2.42 bits per heavy atom. The van der Waals surface area contributed by atoms with Crippen molar-refractivity contribution in [2.45, 2.75) is 18.4 Å². The summed E-state index contributed by atoms with van der Waals surface area (Å²) in [6, 6.07) is 13.7. The summed E-state index contributed by atoms with van der Waals surface area (Å²) in [7, 11) is -3.75. The number of carbonyl (C=O) groups excluding carboxylic acids is 2. The Labute approximate surface area is 199 Å². The van der Waals surface area contributed by atoms with Crippen LogP contribution in [-0.2, 0) is 26.2 Å². The van der Waals surface area contributed by atoms with Gasteiger partial charge in [0.25, 0.3) is 0 Å². The molecule has 9 nitrogen and oxygen atoms in total. The van der Waals surface area contributed by atoms with E-state index in [1.165, 1.54) is 42.6 Å². The molecular weight excluding hydrogens is 491 g/mol. The smallest absolute Gasteiger partial charge is 0.329 e. The molecule has 2 amide bonds. The summed E-state index contributed by atoms with van der Waals surface area (Å²) in [5, 5.41) is 6.95. The number of nitrogens with zero attached hydrogens (tertiary/aromatic N) is 1. The molecule has 0 radical (unpaired) electrons. The van der Waals surface area contributed by atoms with Gasteiger partial charge in [0.1, 0.15) is 11.5 Å². The molecule has 33 heavy (non-hydrogen) atoms. The molecule has 2 aromatic carbocycles. The van der Waals surface area contributed by atoms with Crippen molar-refractivity contribution >= 4 is 56.9 Å². The van der Waals surface area contributed by atoms with E-state index in [-0.39, 0.29) is 17.2 Å². The topological polar surface area (TPSA) is 130 Å². The molecule has 0 aliphatic carbocycles. The van der Waals surface area contributed by atoms with Crippen molar-refractivity contribution in [1.82, 2.24) is 10.1 Å². The average molecular weight is 509 g/mol. The predicted octanol–water partition coefficient (Wildman–Crippen LogP) is 3.46. The molecule has 0 aliphatic heterocycles. The van der Waals surface area contributed by atoms with Crippen LogP contribution >= 0.6 is 23.2 Å². The monoisotopic (exact) mass is 508 g/mol. The molecule has 0 fully saturated rings. The summed E-state index contributed by atoms with van der Waals surface area (Å²) in [6.45, 7) is 1.65. The highest BCUT2D eigenvalue weighted by Gasteiger charge is 2.15. The van der Waals surface area contributed by atoms with E-state index in [0.717, 1.165) is 5.56 Å². The van der Waals surface area contributed by atoms with E-state index in [2.05, 4.69) is 20.6 Å². The molecule has 0 saturated heterocycles. The van der Waals surface area contributed by atoms with Crippen molar-refractivity contribution < 1.29 is 22.4 Å². The molecule has 172 valence electrons. The molecule has 3 aromatic rings. The van der Waals surface area contributed by atoms with Gasteiger partial charge in [0.2, 0.25) is 10.0 Å². The van der Waals surface area contributed by atoms with Crippen LogP contribution in [0.2, 0.25) is 10.0 Å². The van der Waals surface area contributed by atoms with Crippen LogP contribution in [0.3, 0.4) is 0 Å². The lowest BCUT2D eigenvalue weighted by Gasteiger charge is -2.07. The van der Waals surface area contributed by atoms with Crippen LogP contribution in [0.25, 0.3) is 0 Å². The van der Waals surface area contributed by atoms with Crippen LogP contribution in [0, 0.1) is 6.92 Å². The number of hydrogen-bond donors (Lipinski definition) is 3. The van der Waals surface area contributed by atoms with E-state index in [9.17, 15) is 18.0 Å². The number of furan rings is 1. The Morgan fingerprint density at radius 2 is 1.70 bits per heavy atom. The fourth-order valence-corrected chi connectivity index (χ4v) is 3.83. The fourth-order valence-electron chi connectivity index (χ4n) is 2.54. The molecule has 3 rings (SSSR count). The van der Waals surface area contributed by atoms with Crippen LogP contribution in [0.15, 0.2) is 69.0 Å². The second-order valence-corrected chi connectivity index (χ2v) is 9.33. The molecule has 1 aromatic heterocycles. The number of rotatable bonds is 7. The maximum absolute atomic E-state index is 12.3. The molecule has 3 N–H and O–H groups in total. The van der Waals surface area contributed by atoms with E-state index in [4.69, 9.17) is 27.6 Å². The molecule has 0 saturated carbocycles. The number of carbonyl (C=O) groups is 2. The second kappa shape index (κ2) is 10.6. The van der Waals surface area contributed by atoms with Crippen molar-refractivity contribution in [1.29, 1.82) is 0 Å². The Bertz CT molecular complexity index is 1300. The number of halogens is 2. The molecule has 12 heteroatoms. The van der Waals surface area contributed by atoms with Gasteiger partial charge in [-0.15, -0.1) is 0 Å². The Hall–Kier alpha value is -3.18. The highest BCUT2D eigenvalue weighted by Crippen LogP contribution is 2.20. The number of sulfonamides is 1. The van der Waals surface area contributed by atoms with E-state index >= 15 is 0 Å². The summed E-state index contributed by atoms with van der Waals surface area (Å²) >= 11 is 11.7. The minimum atomic E-state index is -3.75. The lowest BCUT2D eigenvalue weighted by Crippen LogP contribution is -2.32. The first kappa shape index (κ1) is 24.5. The van der Waals surface area contributed by atoms with Gasteiger partial charge in [-0.25, -0.2) is 18.6 Å². The van der Waals surface area contributed by atoms with E-state index < -0.39 is 21.8 Å². The molecule has 0 spiro atoms. The third-order valence-corrected chi connectivity index (χ3v) is 6.16. The maximum atomic E-state index is 12.3. The summed E-state index contributed by atoms with van der Waals surface area (Å²) in [6.07, 6.45) is 1.17. The maximum Gasteiger partial charge on any atom is 0.329 e. The van der Waals surface area contributed by atoms with Gasteiger partial charge in [-0.05, 0) is 61.0 Å². The minimum Gasteiger partial charge on any atom is -0.459 e. The van der Waals surface area contributed by atoms with Crippen molar-refractivity contribution in [2.24, 2.45) is 5.10 Å². The Kier molecular flexibility index (Phi) is 7.88. The van der Waals surface area contributed by atoms with Gasteiger partial charge in [0, 0.05) is 15.7 Å². The standard InChI is InChI=1S/C21H18Cl2N4O5S/c1-13-2-3-15(23)10-19(13)26-20(28)21(29)27-24-11-16-6-7-17(32-16)12-25-33(30,31)18-8-4-14(22)5-9-18/h2-11,25H,12H2,1H3,(H,26,28)(H,27,29)/b24-11+. The van der Waals surface area contributed by atoms with Gasteiger partial charge in [-0.3, -0.25) is 9.59 Å². The highest BCUT2D eigenvalue weighted by molar-refractivity contribution is 7.89. The minimum absolute atomic E-state index is 0.0641. The van der Waals surface area contributed by atoms with Crippen LogP contribution in [0.1, 0.15) is 17.1 Å². The normalized spacial score (nSPS) is 11.5. The van der Waals surface area contributed by atoms with Crippen molar-refractivity contribution in [3.05, 3.63) is 81.7 Å². The van der Waals surface area contributed by atoms with Gasteiger partial charge >= 0.3 is 11.8 Å². The lowest BCUT2D eigenvalue weighted by atomic mass is 10.2. The second-order valence-electron chi connectivity index (χ2n) is 6.70. The summed E-state index contributed by atoms with van der Waals surface area (Å²) in [4.78, 5) is 24.0. The molecule has 0 aliphatic rings. The summed E-state index contributed by atoms with van der Waals surface area (Å²) < 4.78 is 32.4. The molecule has 0 atom stereocenters. The molecule has 1 heterocycles. The van der Waals surface area contributed by atoms with Gasteiger partial charge in [-0.2, -0.15) is 5.10 Å². The number of amides is 2. The SMILES string of the molecule is Cc1ccc(Cl)cc1NC(=O)C(=O)N/N=C/c1ccc(CNS(=O)(=O)c2ccc(Cl)cc2)o1. The number of hydrogen-bond acceptors (Lipinski definition) is 6. The van der Waals surface area contributed by atoms with Crippen LogP contribution in [-0.4, -0.2) is 26.4 Å². The Balaban J connectivity index is 1.52. The van der Waals surface area contributed by atoms with Gasteiger partial charge in [0.15, 0.2) is 0 Å². The first-order valence-electron chi connectivity index (χ1n) is 9.38. The quantitative estimate of drug-likeness (QED) is 0.255. The van der Waals surface area contributed by atoms with Crippen molar-refractivity contribution in [3.63, 3.8) is 0 Å². The zero-order chi connectivity index (χ0) is 24.0. The average Bonchev–Trinajstić information content (AvgIpc) is 3.23. The first-order valence-corrected chi connectivity index (χ1v) is 11.6. The van der Waals surface area contributed by atoms with Gasteiger partial charge in [0.05, 0.1) is 17.7 Å². The van der Waals surface area contributed by atoms with Crippen molar-refractivity contribution in [2.75, 3.05) is 5.32 Å².